The summed E-state index contributed by atoms with van der Waals surface area (Å²) in [5.74, 6) is -0.182. The second-order valence-corrected chi connectivity index (χ2v) is 2.50. The molecule has 1 heterocycles. The Hall–Kier alpha value is -1.31. The van der Waals surface area contributed by atoms with Crippen LogP contribution in [0.1, 0.15) is 19.4 Å². The monoisotopic (exact) mass is 180 g/mol. The van der Waals surface area contributed by atoms with Crippen molar-refractivity contribution in [2.45, 2.75) is 20.8 Å². The highest BCUT2D eigenvalue weighted by Crippen LogP contribution is 2.21. The summed E-state index contributed by atoms with van der Waals surface area (Å²) in [5, 5.41) is 0.852. The van der Waals surface area contributed by atoms with Crippen molar-refractivity contribution in [3.8, 4) is 0 Å². The summed E-state index contributed by atoms with van der Waals surface area (Å²) in [4.78, 5) is 0. The smallest absolute Gasteiger partial charge is 0.134 e. The molecule has 2 heteroatoms. The van der Waals surface area contributed by atoms with E-state index in [-0.39, 0.29) is 5.82 Å². The molecule has 0 aliphatic heterocycles. The zero-order valence-corrected chi connectivity index (χ0v) is 8.10. The first-order valence-corrected chi connectivity index (χ1v) is 4.41. The van der Waals surface area contributed by atoms with Gasteiger partial charge >= 0.3 is 0 Å². The van der Waals surface area contributed by atoms with Gasteiger partial charge in [0.05, 0.1) is 6.26 Å². The number of halogens is 1. The third kappa shape index (κ3) is 1.72. The largest absolute Gasteiger partial charge is 0.464 e. The Morgan fingerprint density at radius 3 is 2.54 bits per heavy atom. The molecule has 2 aromatic rings. The van der Waals surface area contributed by atoms with E-state index in [4.69, 9.17) is 4.42 Å². The molecule has 0 atom stereocenters. The molecular formula is C11H13FO. The number of hydrogen-bond acceptors (Lipinski definition) is 1. The molecule has 1 aromatic heterocycles. The Morgan fingerprint density at radius 2 is 1.85 bits per heavy atom. The number of benzene rings is 1. The van der Waals surface area contributed by atoms with E-state index in [1.165, 1.54) is 6.07 Å². The second-order valence-electron chi connectivity index (χ2n) is 2.50. The fraction of sp³-hybridized carbons (Fsp3) is 0.273. The minimum absolute atomic E-state index is 0.182. The molecule has 1 aromatic carbocycles. The molecule has 0 bridgehead atoms. The first kappa shape index (κ1) is 9.78. The predicted octanol–water partition coefficient (Wildman–Crippen LogP) is 3.91. The quantitative estimate of drug-likeness (QED) is 0.599. The average Bonchev–Trinajstić information content (AvgIpc) is 2.63. The van der Waals surface area contributed by atoms with Gasteiger partial charge < -0.3 is 4.42 Å². The second kappa shape index (κ2) is 4.08. The van der Waals surface area contributed by atoms with Gasteiger partial charge in [-0.05, 0) is 30.7 Å². The van der Waals surface area contributed by atoms with Crippen LogP contribution in [0.5, 0.6) is 0 Å². The van der Waals surface area contributed by atoms with E-state index in [9.17, 15) is 4.39 Å². The van der Waals surface area contributed by atoms with Crippen LogP contribution in [0.25, 0.3) is 11.0 Å². The fourth-order valence-corrected chi connectivity index (χ4v) is 1.16. The van der Waals surface area contributed by atoms with E-state index in [0.717, 1.165) is 11.0 Å². The fourth-order valence-electron chi connectivity index (χ4n) is 1.16. The molecule has 13 heavy (non-hydrogen) atoms. The third-order valence-corrected chi connectivity index (χ3v) is 1.84. The molecular weight excluding hydrogens is 167 g/mol. The van der Waals surface area contributed by atoms with Gasteiger partial charge in [-0.1, -0.05) is 13.8 Å². The molecule has 0 fully saturated rings. The standard InChI is InChI=1S/C9H7FO.C2H6/c1-6-7-4-5-11-9(7)3-2-8(6)10;1-2/h2-5H,1H3;1-2H3. The molecule has 2 rings (SSSR count). The molecule has 1 nitrogen and oxygen atoms in total. The van der Waals surface area contributed by atoms with E-state index < -0.39 is 0 Å². The maximum atomic E-state index is 12.9. The maximum Gasteiger partial charge on any atom is 0.134 e. The summed E-state index contributed by atoms with van der Waals surface area (Å²) in [5.41, 5.74) is 1.39. The van der Waals surface area contributed by atoms with E-state index in [1.54, 1.807) is 25.3 Å². The Kier molecular flexibility index (Phi) is 3.07. The van der Waals surface area contributed by atoms with Gasteiger partial charge in [0.2, 0.25) is 0 Å². The van der Waals surface area contributed by atoms with Crippen LogP contribution in [0.2, 0.25) is 0 Å². The lowest BCUT2D eigenvalue weighted by Crippen LogP contribution is -1.80. The zero-order chi connectivity index (χ0) is 9.84. The van der Waals surface area contributed by atoms with Crippen LogP contribution >= 0.6 is 0 Å². The normalized spacial score (nSPS) is 9.54. The average molecular weight is 180 g/mol. The van der Waals surface area contributed by atoms with E-state index in [2.05, 4.69) is 0 Å². The van der Waals surface area contributed by atoms with E-state index >= 15 is 0 Å². The van der Waals surface area contributed by atoms with Crippen molar-refractivity contribution in [3.05, 3.63) is 35.8 Å². The highest BCUT2D eigenvalue weighted by Gasteiger charge is 2.03. The van der Waals surface area contributed by atoms with E-state index in [0.29, 0.717) is 5.56 Å². The summed E-state index contributed by atoms with van der Waals surface area (Å²) in [6, 6.07) is 4.83. The van der Waals surface area contributed by atoms with Crippen molar-refractivity contribution in [2.24, 2.45) is 0 Å². The number of hydrogen-bond donors (Lipinski definition) is 0. The number of fused-ring (bicyclic) bond motifs is 1. The van der Waals surface area contributed by atoms with E-state index in [1.807, 2.05) is 13.8 Å². The molecule has 0 aliphatic rings. The summed E-state index contributed by atoms with van der Waals surface area (Å²) >= 11 is 0. The molecule has 70 valence electrons. The molecule has 0 N–H and O–H groups in total. The van der Waals surface area contributed by atoms with Crippen molar-refractivity contribution in [3.63, 3.8) is 0 Å². The Morgan fingerprint density at radius 1 is 1.15 bits per heavy atom. The lowest BCUT2D eigenvalue weighted by molar-refractivity contribution is 0.606. The van der Waals surface area contributed by atoms with Crippen LogP contribution in [0.4, 0.5) is 4.39 Å². The van der Waals surface area contributed by atoms with Crippen LogP contribution < -0.4 is 0 Å². The third-order valence-electron chi connectivity index (χ3n) is 1.84. The van der Waals surface area contributed by atoms with Gasteiger partial charge in [-0.2, -0.15) is 0 Å². The summed E-state index contributed by atoms with van der Waals surface area (Å²) in [6.45, 7) is 5.74. The Balaban J connectivity index is 0.000000396. The van der Waals surface area contributed by atoms with Gasteiger partial charge in [-0.25, -0.2) is 4.39 Å². The minimum Gasteiger partial charge on any atom is -0.464 e. The van der Waals surface area contributed by atoms with Crippen molar-refractivity contribution in [1.29, 1.82) is 0 Å². The number of aryl methyl sites for hydroxylation is 1. The molecule has 0 saturated carbocycles. The first-order chi connectivity index (χ1) is 6.29. The maximum absolute atomic E-state index is 12.9. The summed E-state index contributed by atoms with van der Waals surface area (Å²) in [7, 11) is 0. The van der Waals surface area contributed by atoms with Gasteiger partial charge in [0.1, 0.15) is 11.4 Å². The van der Waals surface area contributed by atoms with Crippen LogP contribution in [-0.4, -0.2) is 0 Å². The highest BCUT2D eigenvalue weighted by molar-refractivity contribution is 5.80. The Bertz CT molecular complexity index is 390. The molecule has 0 saturated heterocycles. The van der Waals surface area contributed by atoms with Crippen LogP contribution in [-0.2, 0) is 0 Å². The zero-order valence-electron chi connectivity index (χ0n) is 8.10. The van der Waals surface area contributed by atoms with Gasteiger partial charge in [0, 0.05) is 5.39 Å². The van der Waals surface area contributed by atoms with Crippen LogP contribution in [0.15, 0.2) is 28.9 Å². The lowest BCUT2D eigenvalue weighted by Gasteiger charge is -1.94. The van der Waals surface area contributed by atoms with Crippen molar-refractivity contribution < 1.29 is 8.81 Å². The van der Waals surface area contributed by atoms with Crippen molar-refractivity contribution in [1.82, 2.24) is 0 Å². The predicted molar refractivity (Wildman–Crippen MR) is 52.3 cm³/mol. The highest BCUT2D eigenvalue weighted by atomic mass is 19.1. The number of rotatable bonds is 0. The van der Waals surface area contributed by atoms with Crippen LogP contribution in [0.3, 0.4) is 0 Å². The number of furan rings is 1. The van der Waals surface area contributed by atoms with Crippen LogP contribution in [0, 0.1) is 12.7 Å². The van der Waals surface area contributed by atoms with Crippen molar-refractivity contribution in [2.75, 3.05) is 0 Å². The molecule has 0 unspecified atom stereocenters. The molecule has 0 amide bonds. The SMILES string of the molecule is CC.Cc1c(F)ccc2occc12. The summed E-state index contributed by atoms with van der Waals surface area (Å²) < 4.78 is 18.0. The minimum atomic E-state index is -0.182. The van der Waals surface area contributed by atoms with Crippen molar-refractivity contribution >= 4 is 11.0 Å². The molecule has 0 radical (unpaired) electrons. The van der Waals surface area contributed by atoms with Gasteiger partial charge in [0.25, 0.3) is 0 Å². The molecule has 0 spiro atoms. The lowest BCUT2D eigenvalue weighted by atomic mass is 10.1. The molecule has 0 aliphatic carbocycles. The first-order valence-electron chi connectivity index (χ1n) is 4.41. The topological polar surface area (TPSA) is 13.1 Å². The summed E-state index contributed by atoms with van der Waals surface area (Å²) in [6.07, 6.45) is 1.57. The van der Waals surface area contributed by atoms with Gasteiger partial charge in [0.15, 0.2) is 0 Å². The van der Waals surface area contributed by atoms with Gasteiger partial charge in [-0.3, -0.25) is 0 Å². The van der Waals surface area contributed by atoms with Gasteiger partial charge in [-0.15, -0.1) is 0 Å². The Labute approximate surface area is 77.2 Å².